The maximum atomic E-state index is 12.4. The molecule has 16 heavy (non-hydrogen) atoms. The third-order valence-electron chi connectivity index (χ3n) is 2.28. The molecule has 0 unspecified atom stereocenters. The van der Waals surface area contributed by atoms with E-state index in [9.17, 15) is 8.78 Å². The second kappa shape index (κ2) is 4.30. The van der Waals surface area contributed by atoms with Crippen LogP contribution in [0.3, 0.4) is 0 Å². The molecule has 0 radical (unpaired) electrons. The average Bonchev–Trinajstić information content (AvgIpc) is 2.64. The Hall–Kier alpha value is -1.91. The van der Waals surface area contributed by atoms with E-state index in [0.29, 0.717) is 16.7 Å². The van der Waals surface area contributed by atoms with Gasteiger partial charge in [0.2, 0.25) is 12.3 Å². The lowest BCUT2D eigenvalue weighted by Gasteiger charge is -2.07. The largest absolute Gasteiger partial charge is 0.367 e. The lowest BCUT2D eigenvalue weighted by atomic mass is 10.00. The fraction of sp³-hybridized carbons (Fsp3) is 0.182. The van der Waals surface area contributed by atoms with Crippen LogP contribution in [-0.2, 0) is 6.42 Å². The van der Waals surface area contributed by atoms with E-state index in [1.807, 2.05) is 0 Å². The van der Waals surface area contributed by atoms with Gasteiger partial charge >= 0.3 is 0 Å². The Morgan fingerprint density at radius 3 is 2.62 bits per heavy atom. The molecule has 0 atom stereocenters. The number of aromatic nitrogens is 1. The molecular formula is C11H10F2N2O. The molecule has 0 fully saturated rings. The van der Waals surface area contributed by atoms with Crippen molar-refractivity contribution in [3.05, 3.63) is 36.0 Å². The lowest BCUT2D eigenvalue weighted by molar-refractivity contribution is 0.149. The number of rotatable bonds is 3. The van der Waals surface area contributed by atoms with Crippen LogP contribution in [0.5, 0.6) is 0 Å². The summed E-state index contributed by atoms with van der Waals surface area (Å²) in [6.45, 7) is 0. The number of halogens is 2. The van der Waals surface area contributed by atoms with Crippen LogP contribution in [0.4, 0.5) is 14.7 Å². The molecule has 3 nitrogen and oxygen atoms in total. The van der Waals surface area contributed by atoms with E-state index in [1.165, 1.54) is 6.20 Å². The Kier molecular flexibility index (Phi) is 2.85. The molecule has 0 aliphatic rings. The first-order valence-electron chi connectivity index (χ1n) is 4.75. The SMILES string of the molecule is Nc1oncc1-c1ccccc1CC(F)F. The van der Waals surface area contributed by atoms with Crippen LogP contribution in [0.15, 0.2) is 35.0 Å². The quantitative estimate of drug-likeness (QED) is 0.872. The van der Waals surface area contributed by atoms with Crippen molar-refractivity contribution in [1.82, 2.24) is 5.16 Å². The molecule has 2 rings (SSSR count). The van der Waals surface area contributed by atoms with Crippen molar-refractivity contribution in [2.24, 2.45) is 0 Å². The van der Waals surface area contributed by atoms with Crippen LogP contribution in [0.1, 0.15) is 5.56 Å². The molecule has 0 saturated carbocycles. The van der Waals surface area contributed by atoms with Crippen molar-refractivity contribution in [1.29, 1.82) is 0 Å². The topological polar surface area (TPSA) is 52.0 Å². The number of anilines is 1. The highest BCUT2D eigenvalue weighted by molar-refractivity contribution is 5.74. The van der Waals surface area contributed by atoms with Gasteiger partial charge in [0, 0.05) is 6.42 Å². The van der Waals surface area contributed by atoms with Gasteiger partial charge in [0.05, 0.1) is 11.8 Å². The first-order valence-corrected chi connectivity index (χ1v) is 4.75. The van der Waals surface area contributed by atoms with E-state index in [2.05, 4.69) is 5.16 Å². The van der Waals surface area contributed by atoms with E-state index in [1.54, 1.807) is 24.3 Å². The Bertz CT molecular complexity index is 482. The summed E-state index contributed by atoms with van der Waals surface area (Å²) < 4.78 is 29.5. The van der Waals surface area contributed by atoms with Crippen molar-refractivity contribution in [2.45, 2.75) is 12.8 Å². The number of nitrogens with two attached hydrogens (primary N) is 1. The maximum absolute atomic E-state index is 12.4. The number of alkyl halides is 2. The van der Waals surface area contributed by atoms with E-state index in [-0.39, 0.29) is 12.3 Å². The van der Waals surface area contributed by atoms with E-state index in [0.717, 1.165) is 0 Å². The molecule has 0 spiro atoms. The lowest BCUT2D eigenvalue weighted by Crippen LogP contribution is -1.99. The molecule has 0 aliphatic carbocycles. The fourth-order valence-corrected chi connectivity index (χ4v) is 1.58. The predicted octanol–water partition coefficient (Wildman–Crippen LogP) is 2.73. The van der Waals surface area contributed by atoms with Gasteiger partial charge in [-0.3, -0.25) is 0 Å². The minimum Gasteiger partial charge on any atom is -0.367 e. The summed E-state index contributed by atoms with van der Waals surface area (Å²) in [5.74, 6) is 0.140. The Morgan fingerprint density at radius 1 is 1.25 bits per heavy atom. The van der Waals surface area contributed by atoms with Crippen molar-refractivity contribution in [3.8, 4) is 11.1 Å². The Labute approximate surface area is 90.9 Å². The van der Waals surface area contributed by atoms with Gasteiger partial charge in [0.1, 0.15) is 0 Å². The Balaban J connectivity index is 2.44. The zero-order valence-corrected chi connectivity index (χ0v) is 8.36. The first-order chi connectivity index (χ1) is 7.68. The van der Waals surface area contributed by atoms with Crippen LogP contribution >= 0.6 is 0 Å². The molecule has 1 aromatic heterocycles. The van der Waals surface area contributed by atoms with Crippen LogP contribution in [0.2, 0.25) is 0 Å². The summed E-state index contributed by atoms with van der Waals surface area (Å²) in [6.07, 6.45) is -1.26. The standard InChI is InChI=1S/C11H10F2N2O/c12-10(13)5-7-3-1-2-4-8(7)9-6-15-16-11(9)14/h1-4,6,10H,5,14H2. The number of hydrogen-bond acceptors (Lipinski definition) is 3. The smallest absolute Gasteiger partial charge is 0.242 e. The van der Waals surface area contributed by atoms with Gasteiger partial charge in [-0.2, -0.15) is 0 Å². The van der Waals surface area contributed by atoms with E-state index < -0.39 is 6.43 Å². The monoisotopic (exact) mass is 224 g/mol. The molecule has 1 heterocycles. The number of benzene rings is 1. The molecular weight excluding hydrogens is 214 g/mol. The van der Waals surface area contributed by atoms with E-state index in [4.69, 9.17) is 10.3 Å². The molecule has 0 saturated heterocycles. The zero-order valence-electron chi connectivity index (χ0n) is 8.36. The molecule has 0 amide bonds. The Morgan fingerprint density at radius 2 is 2.00 bits per heavy atom. The van der Waals surface area contributed by atoms with Gasteiger partial charge in [-0.05, 0) is 11.1 Å². The number of nitrogen functional groups attached to an aromatic ring is 1. The summed E-state index contributed by atoms with van der Waals surface area (Å²) in [5, 5.41) is 3.53. The van der Waals surface area contributed by atoms with Crippen LogP contribution in [-0.4, -0.2) is 11.6 Å². The van der Waals surface area contributed by atoms with Crippen molar-refractivity contribution < 1.29 is 13.3 Å². The van der Waals surface area contributed by atoms with Gasteiger partial charge < -0.3 is 10.3 Å². The molecule has 84 valence electrons. The van der Waals surface area contributed by atoms with Crippen molar-refractivity contribution in [2.75, 3.05) is 5.73 Å². The number of hydrogen-bond donors (Lipinski definition) is 1. The average molecular weight is 224 g/mol. The molecule has 1 aromatic carbocycles. The van der Waals surface area contributed by atoms with Gasteiger partial charge in [-0.15, -0.1) is 0 Å². The molecule has 5 heteroatoms. The normalized spacial score (nSPS) is 10.9. The summed E-state index contributed by atoms with van der Waals surface area (Å²) >= 11 is 0. The second-order valence-electron chi connectivity index (χ2n) is 3.36. The molecule has 2 N–H and O–H groups in total. The summed E-state index contributed by atoms with van der Waals surface area (Å²) in [7, 11) is 0. The first kappa shape index (κ1) is 10.6. The highest BCUT2D eigenvalue weighted by Crippen LogP contribution is 2.29. The van der Waals surface area contributed by atoms with Gasteiger partial charge in [0.25, 0.3) is 0 Å². The minimum absolute atomic E-state index is 0.140. The third kappa shape index (κ3) is 2.03. The van der Waals surface area contributed by atoms with Gasteiger partial charge in [0.15, 0.2) is 0 Å². The minimum atomic E-state index is -2.39. The zero-order chi connectivity index (χ0) is 11.5. The molecule has 0 bridgehead atoms. The maximum Gasteiger partial charge on any atom is 0.242 e. The molecule has 0 aliphatic heterocycles. The third-order valence-corrected chi connectivity index (χ3v) is 2.28. The summed E-state index contributed by atoms with van der Waals surface area (Å²) in [6, 6.07) is 6.84. The number of nitrogens with zero attached hydrogens (tertiary/aromatic N) is 1. The highest BCUT2D eigenvalue weighted by atomic mass is 19.3. The van der Waals surface area contributed by atoms with Gasteiger partial charge in [-0.1, -0.05) is 29.4 Å². The van der Waals surface area contributed by atoms with Crippen molar-refractivity contribution >= 4 is 5.88 Å². The highest BCUT2D eigenvalue weighted by Gasteiger charge is 2.14. The van der Waals surface area contributed by atoms with Crippen molar-refractivity contribution in [3.63, 3.8) is 0 Å². The fourth-order valence-electron chi connectivity index (χ4n) is 1.58. The van der Waals surface area contributed by atoms with Gasteiger partial charge in [-0.25, -0.2) is 8.78 Å². The summed E-state index contributed by atoms with van der Waals surface area (Å²) in [5.41, 5.74) is 7.28. The van der Waals surface area contributed by atoms with Crippen LogP contribution in [0.25, 0.3) is 11.1 Å². The van der Waals surface area contributed by atoms with E-state index >= 15 is 0 Å². The van der Waals surface area contributed by atoms with Crippen LogP contribution in [0, 0.1) is 0 Å². The molecule has 2 aromatic rings. The second-order valence-corrected chi connectivity index (χ2v) is 3.36. The van der Waals surface area contributed by atoms with Crippen LogP contribution < -0.4 is 5.73 Å². The predicted molar refractivity (Wildman–Crippen MR) is 56.1 cm³/mol. The summed E-state index contributed by atoms with van der Waals surface area (Å²) in [4.78, 5) is 0.